The fourth-order valence-corrected chi connectivity index (χ4v) is 3.59. The molecule has 0 radical (unpaired) electrons. The van der Waals surface area contributed by atoms with Crippen molar-refractivity contribution >= 4 is 17.5 Å². The maximum atomic E-state index is 13.4. The van der Waals surface area contributed by atoms with Crippen LogP contribution >= 0.6 is 11.6 Å². The van der Waals surface area contributed by atoms with E-state index in [0.29, 0.717) is 34.4 Å². The molecule has 0 saturated carbocycles. The third-order valence-corrected chi connectivity index (χ3v) is 4.99. The molecule has 1 amide bonds. The van der Waals surface area contributed by atoms with Crippen LogP contribution in [0.4, 0.5) is 4.39 Å². The summed E-state index contributed by atoms with van der Waals surface area (Å²) in [6.45, 7) is 0.614. The first-order valence-corrected chi connectivity index (χ1v) is 9.12. The minimum absolute atomic E-state index is 0.0828. The lowest BCUT2D eigenvalue weighted by Gasteiger charge is -2.21. The number of carbonyl (C=O) groups excluding carboxylic acids is 1. The first kappa shape index (κ1) is 17.7. The normalized spacial score (nSPS) is 16.7. The zero-order valence-electron chi connectivity index (χ0n) is 14.4. The smallest absolute Gasteiger partial charge is 0.249 e. The Morgan fingerprint density at radius 1 is 1.26 bits per heavy atom. The van der Waals surface area contributed by atoms with Crippen LogP contribution in [0, 0.1) is 5.82 Å². The van der Waals surface area contributed by atoms with Gasteiger partial charge in [-0.15, -0.1) is 0 Å². The highest BCUT2D eigenvalue weighted by molar-refractivity contribution is 6.33. The van der Waals surface area contributed by atoms with Gasteiger partial charge in [-0.2, -0.15) is 4.98 Å². The monoisotopic (exact) mass is 385 g/mol. The quantitative estimate of drug-likeness (QED) is 0.666. The van der Waals surface area contributed by atoms with Crippen molar-refractivity contribution in [3.8, 4) is 11.4 Å². The number of carbonyl (C=O) groups is 1. The third-order valence-electron chi connectivity index (χ3n) is 4.66. The molecule has 0 bridgehead atoms. The summed E-state index contributed by atoms with van der Waals surface area (Å²) < 4.78 is 18.8. The van der Waals surface area contributed by atoms with Gasteiger partial charge in [-0.05, 0) is 42.7 Å². The lowest BCUT2D eigenvalue weighted by Crippen LogP contribution is -2.32. The second-order valence-electron chi connectivity index (χ2n) is 6.49. The number of hydrogen-bond donors (Lipinski definition) is 0. The zero-order valence-corrected chi connectivity index (χ0v) is 15.2. The molecule has 0 aliphatic carbocycles. The number of hydrogen-bond acceptors (Lipinski definition) is 4. The van der Waals surface area contributed by atoms with Crippen LogP contribution < -0.4 is 0 Å². The van der Waals surface area contributed by atoms with Crippen LogP contribution in [0.3, 0.4) is 0 Å². The van der Waals surface area contributed by atoms with Gasteiger partial charge in [0.2, 0.25) is 17.6 Å². The van der Waals surface area contributed by atoms with Crippen molar-refractivity contribution in [3.63, 3.8) is 0 Å². The standard InChI is InChI=1S/C20H17ClFN3O2/c21-16-8-2-1-7-15(16)19-23-20(27-24-19)17-9-4-10-25(17)18(26)12-13-5-3-6-14(22)11-13/h1-3,5-8,11,17H,4,9-10,12H2/t17-/m1/s1. The molecule has 27 heavy (non-hydrogen) atoms. The fourth-order valence-electron chi connectivity index (χ4n) is 3.37. The highest BCUT2D eigenvalue weighted by atomic mass is 35.5. The number of amides is 1. The van der Waals surface area contributed by atoms with Gasteiger partial charge in [-0.25, -0.2) is 4.39 Å². The first-order valence-electron chi connectivity index (χ1n) is 8.74. The van der Waals surface area contributed by atoms with Gasteiger partial charge in [0.25, 0.3) is 0 Å². The molecule has 1 saturated heterocycles. The fraction of sp³-hybridized carbons (Fsp3) is 0.250. The Morgan fingerprint density at radius 2 is 2.11 bits per heavy atom. The summed E-state index contributed by atoms with van der Waals surface area (Å²) in [5.41, 5.74) is 1.33. The molecular formula is C20H17ClFN3O2. The molecule has 1 aromatic heterocycles. The molecule has 0 N–H and O–H groups in total. The van der Waals surface area contributed by atoms with Crippen molar-refractivity contribution in [3.05, 3.63) is 70.8 Å². The number of rotatable bonds is 4. The van der Waals surface area contributed by atoms with Crippen LogP contribution in [0.1, 0.15) is 30.3 Å². The van der Waals surface area contributed by atoms with Gasteiger partial charge < -0.3 is 9.42 Å². The van der Waals surface area contributed by atoms with Crippen molar-refractivity contribution in [2.45, 2.75) is 25.3 Å². The molecule has 2 heterocycles. The third kappa shape index (κ3) is 3.71. The van der Waals surface area contributed by atoms with Gasteiger partial charge in [0.05, 0.1) is 11.4 Å². The minimum atomic E-state index is -0.348. The Morgan fingerprint density at radius 3 is 2.93 bits per heavy atom. The molecule has 138 valence electrons. The zero-order chi connectivity index (χ0) is 18.8. The molecule has 0 unspecified atom stereocenters. The van der Waals surface area contributed by atoms with Crippen molar-refractivity contribution in [1.82, 2.24) is 15.0 Å². The van der Waals surface area contributed by atoms with Gasteiger partial charge in [0.1, 0.15) is 11.9 Å². The summed E-state index contributed by atoms with van der Waals surface area (Å²) in [6.07, 6.45) is 1.74. The lowest BCUT2D eigenvalue weighted by atomic mass is 10.1. The van der Waals surface area contributed by atoms with Gasteiger partial charge >= 0.3 is 0 Å². The molecule has 5 nitrogen and oxygen atoms in total. The molecule has 1 aliphatic rings. The van der Waals surface area contributed by atoms with E-state index in [0.717, 1.165) is 12.8 Å². The number of benzene rings is 2. The summed E-state index contributed by atoms with van der Waals surface area (Å²) in [5.74, 6) is 0.371. The Labute approximate surface area is 160 Å². The summed E-state index contributed by atoms with van der Waals surface area (Å²) in [5, 5.41) is 4.56. The molecule has 1 fully saturated rings. The highest BCUT2D eigenvalue weighted by Crippen LogP contribution is 2.33. The van der Waals surface area contributed by atoms with Crippen LogP contribution in [-0.2, 0) is 11.2 Å². The Hall–Kier alpha value is -2.73. The van der Waals surface area contributed by atoms with Gasteiger partial charge in [-0.1, -0.05) is 41.0 Å². The van der Waals surface area contributed by atoms with Gasteiger partial charge in [0, 0.05) is 12.1 Å². The molecular weight excluding hydrogens is 369 g/mol. The van der Waals surface area contributed by atoms with Crippen LogP contribution in [0.25, 0.3) is 11.4 Å². The van der Waals surface area contributed by atoms with E-state index in [1.807, 2.05) is 18.2 Å². The number of aromatic nitrogens is 2. The number of likely N-dealkylation sites (tertiary alicyclic amines) is 1. The average molecular weight is 386 g/mol. The maximum absolute atomic E-state index is 13.4. The average Bonchev–Trinajstić information content (AvgIpc) is 3.31. The van der Waals surface area contributed by atoms with Crippen LogP contribution in [-0.4, -0.2) is 27.5 Å². The molecule has 1 aliphatic heterocycles. The van der Waals surface area contributed by atoms with E-state index in [9.17, 15) is 9.18 Å². The van der Waals surface area contributed by atoms with E-state index >= 15 is 0 Å². The van der Waals surface area contributed by atoms with E-state index in [1.54, 1.807) is 23.1 Å². The second kappa shape index (κ2) is 7.48. The van der Waals surface area contributed by atoms with E-state index < -0.39 is 0 Å². The lowest BCUT2D eigenvalue weighted by molar-refractivity contribution is -0.131. The van der Waals surface area contributed by atoms with E-state index in [4.69, 9.17) is 16.1 Å². The summed E-state index contributed by atoms with van der Waals surface area (Å²) in [7, 11) is 0. The van der Waals surface area contributed by atoms with Crippen molar-refractivity contribution in [2.24, 2.45) is 0 Å². The minimum Gasteiger partial charge on any atom is -0.337 e. The molecule has 3 aromatic rings. The number of nitrogens with zero attached hydrogens (tertiary/aromatic N) is 3. The van der Waals surface area contributed by atoms with E-state index in [1.165, 1.54) is 12.1 Å². The maximum Gasteiger partial charge on any atom is 0.249 e. The van der Waals surface area contributed by atoms with Crippen molar-refractivity contribution < 1.29 is 13.7 Å². The molecule has 2 aromatic carbocycles. The predicted molar refractivity (Wildman–Crippen MR) is 98.5 cm³/mol. The second-order valence-corrected chi connectivity index (χ2v) is 6.90. The van der Waals surface area contributed by atoms with Crippen LogP contribution in [0.2, 0.25) is 5.02 Å². The van der Waals surface area contributed by atoms with Crippen molar-refractivity contribution in [1.29, 1.82) is 0 Å². The summed E-state index contributed by atoms with van der Waals surface area (Å²) in [6, 6.07) is 13.1. The Kier molecular flexibility index (Phi) is 4.90. The Balaban J connectivity index is 1.53. The van der Waals surface area contributed by atoms with Crippen LogP contribution in [0.15, 0.2) is 53.1 Å². The molecule has 1 atom stereocenters. The topological polar surface area (TPSA) is 59.2 Å². The largest absolute Gasteiger partial charge is 0.337 e. The predicted octanol–water partition coefficient (Wildman–Crippen LogP) is 4.44. The van der Waals surface area contributed by atoms with Gasteiger partial charge in [-0.3, -0.25) is 4.79 Å². The molecule has 0 spiro atoms. The number of halogens is 2. The van der Waals surface area contributed by atoms with Crippen molar-refractivity contribution in [2.75, 3.05) is 6.54 Å². The highest BCUT2D eigenvalue weighted by Gasteiger charge is 2.34. The molecule has 7 heteroatoms. The van der Waals surface area contributed by atoms with E-state index in [-0.39, 0.29) is 24.2 Å². The van der Waals surface area contributed by atoms with Crippen LogP contribution in [0.5, 0.6) is 0 Å². The molecule has 4 rings (SSSR count). The summed E-state index contributed by atoms with van der Waals surface area (Å²) >= 11 is 6.19. The van der Waals surface area contributed by atoms with Gasteiger partial charge in [0.15, 0.2) is 0 Å². The van der Waals surface area contributed by atoms with E-state index in [2.05, 4.69) is 10.1 Å². The summed E-state index contributed by atoms with van der Waals surface area (Å²) in [4.78, 5) is 18.9. The Bertz CT molecular complexity index is 975. The SMILES string of the molecule is O=C(Cc1cccc(F)c1)N1CCC[C@@H]1c1nc(-c2ccccc2Cl)no1. The first-order chi connectivity index (χ1) is 13.1.